The molecule has 2 unspecified atom stereocenters. The number of carbonyl (C=O) groups excluding carboxylic acids is 1. The van der Waals surface area contributed by atoms with Crippen LogP contribution in [0.15, 0.2) is 54.6 Å². The number of nitrogens with one attached hydrogen (secondary N) is 1. The quantitative estimate of drug-likeness (QED) is 0.648. The summed E-state index contributed by atoms with van der Waals surface area (Å²) in [5.74, 6) is -0.294. The van der Waals surface area contributed by atoms with Crippen molar-refractivity contribution in [3.63, 3.8) is 0 Å². The van der Waals surface area contributed by atoms with Crippen LogP contribution in [0.2, 0.25) is 0 Å². The van der Waals surface area contributed by atoms with E-state index in [0.29, 0.717) is 5.56 Å². The number of aliphatic hydroxyl groups is 2. The molecule has 0 saturated carbocycles. The Balaban J connectivity index is 2.18. The summed E-state index contributed by atoms with van der Waals surface area (Å²) >= 11 is 0. The normalized spacial score (nSPS) is 13.9. The summed E-state index contributed by atoms with van der Waals surface area (Å²) in [4.78, 5) is 12.8. The summed E-state index contributed by atoms with van der Waals surface area (Å²) in [6.45, 7) is 1.23. The van der Waals surface area contributed by atoms with Crippen LogP contribution in [0.25, 0.3) is 21.5 Å². The highest BCUT2D eigenvalue weighted by Gasteiger charge is 2.20. The van der Waals surface area contributed by atoms with Gasteiger partial charge in [0.2, 0.25) is 0 Å². The molecule has 4 nitrogen and oxygen atoms in total. The third kappa shape index (κ3) is 2.91. The van der Waals surface area contributed by atoms with Gasteiger partial charge in [0.1, 0.15) is 0 Å². The zero-order chi connectivity index (χ0) is 16.4. The topological polar surface area (TPSA) is 69.6 Å². The van der Waals surface area contributed by atoms with Crippen molar-refractivity contribution in [2.45, 2.75) is 19.1 Å². The van der Waals surface area contributed by atoms with Gasteiger partial charge in [0.25, 0.3) is 5.91 Å². The van der Waals surface area contributed by atoms with Gasteiger partial charge in [0, 0.05) is 0 Å². The molecular formula is C19H19NO3. The lowest BCUT2D eigenvalue weighted by Gasteiger charge is -2.20. The molecule has 3 rings (SSSR count). The Labute approximate surface area is 134 Å². The number of rotatable bonds is 4. The molecule has 0 aliphatic rings. The maximum absolute atomic E-state index is 12.8. The van der Waals surface area contributed by atoms with Crippen LogP contribution < -0.4 is 5.32 Å². The molecule has 0 spiro atoms. The number of aliphatic hydroxyl groups excluding tert-OH is 2. The maximum Gasteiger partial charge on any atom is 0.252 e. The number of amides is 1. The lowest BCUT2D eigenvalue weighted by molar-refractivity contribution is 0.0760. The van der Waals surface area contributed by atoms with E-state index in [1.54, 1.807) is 6.92 Å². The molecule has 0 aliphatic carbocycles. The zero-order valence-electron chi connectivity index (χ0n) is 12.9. The number of hydrogen-bond acceptors (Lipinski definition) is 3. The molecule has 3 N–H and O–H groups in total. The lowest BCUT2D eigenvalue weighted by Crippen LogP contribution is -2.44. The Kier molecular flexibility index (Phi) is 4.28. The van der Waals surface area contributed by atoms with Crippen molar-refractivity contribution in [1.82, 2.24) is 5.32 Å². The van der Waals surface area contributed by atoms with Crippen LogP contribution >= 0.6 is 0 Å². The SMILES string of the molecule is CC(O)C(CO)NC(=O)c1c2ccccc2cc2ccccc12. The smallest absolute Gasteiger partial charge is 0.252 e. The van der Waals surface area contributed by atoms with Crippen LogP contribution in [-0.2, 0) is 0 Å². The largest absolute Gasteiger partial charge is 0.394 e. The molecule has 0 saturated heterocycles. The molecule has 0 bridgehead atoms. The summed E-state index contributed by atoms with van der Waals surface area (Å²) in [5, 5.41) is 25.4. The van der Waals surface area contributed by atoms with E-state index in [1.165, 1.54) is 0 Å². The molecule has 0 aliphatic heterocycles. The van der Waals surface area contributed by atoms with Crippen molar-refractivity contribution in [3.05, 3.63) is 60.2 Å². The molecule has 0 heterocycles. The maximum atomic E-state index is 12.8. The van der Waals surface area contributed by atoms with Gasteiger partial charge in [0.05, 0.1) is 24.3 Å². The summed E-state index contributed by atoms with van der Waals surface area (Å²) in [6.07, 6.45) is -0.829. The van der Waals surface area contributed by atoms with Crippen molar-refractivity contribution < 1.29 is 15.0 Å². The van der Waals surface area contributed by atoms with E-state index < -0.39 is 12.1 Å². The van der Waals surface area contributed by atoms with Gasteiger partial charge in [-0.15, -0.1) is 0 Å². The van der Waals surface area contributed by atoms with E-state index in [2.05, 4.69) is 11.4 Å². The van der Waals surface area contributed by atoms with Gasteiger partial charge in [-0.1, -0.05) is 48.5 Å². The zero-order valence-corrected chi connectivity index (χ0v) is 12.9. The predicted octanol–water partition coefficient (Wildman–Crippen LogP) is 2.46. The van der Waals surface area contributed by atoms with Crippen LogP contribution in [0.1, 0.15) is 17.3 Å². The van der Waals surface area contributed by atoms with Gasteiger partial charge in [-0.05, 0) is 34.5 Å². The van der Waals surface area contributed by atoms with E-state index in [0.717, 1.165) is 21.5 Å². The van der Waals surface area contributed by atoms with Gasteiger partial charge >= 0.3 is 0 Å². The first-order valence-corrected chi connectivity index (χ1v) is 7.62. The first-order chi connectivity index (χ1) is 11.1. The minimum absolute atomic E-state index is 0.294. The van der Waals surface area contributed by atoms with Crippen LogP contribution in [0, 0.1) is 0 Å². The second kappa shape index (κ2) is 6.36. The fraction of sp³-hybridized carbons (Fsp3) is 0.211. The molecule has 4 heteroatoms. The van der Waals surface area contributed by atoms with Crippen molar-refractivity contribution in [2.75, 3.05) is 6.61 Å². The Bertz CT molecular complexity index is 803. The fourth-order valence-electron chi connectivity index (χ4n) is 2.82. The van der Waals surface area contributed by atoms with Crippen molar-refractivity contribution in [2.24, 2.45) is 0 Å². The summed E-state index contributed by atoms with van der Waals surface area (Å²) < 4.78 is 0. The van der Waals surface area contributed by atoms with Crippen molar-refractivity contribution in [1.29, 1.82) is 0 Å². The Hall–Kier alpha value is -2.43. The molecule has 0 fully saturated rings. The number of fused-ring (bicyclic) bond motifs is 2. The van der Waals surface area contributed by atoms with Crippen LogP contribution in [0.5, 0.6) is 0 Å². The van der Waals surface area contributed by atoms with Gasteiger partial charge in [-0.2, -0.15) is 0 Å². The van der Waals surface area contributed by atoms with E-state index in [-0.39, 0.29) is 12.5 Å². The third-order valence-corrected chi connectivity index (χ3v) is 4.09. The minimum atomic E-state index is -0.829. The number of carbonyl (C=O) groups is 1. The molecule has 1 amide bonds. The van der Waals surface area contributed by atoms with E-state index in [4.69, 9.17) is 0 Å². The summed E-state index contributed by atoms with van der Waals surface area (Å²) in [5.41, 5.74) is 0.567. The standard InChI is InChI=1S/C19H19NO3/c1-12(22)17(11-21)20-19(23)18-15-8-4-2-6-13(15)10-14-7-3-5-9-16(14)18/h2-10,12,17,21-22H,11H2,1H3,(H,20,23). The Morgan fingerprint density at radius 1 is 1.04 bits per heavy atom. The van der Waals surface area contributed by atoms with Gasteiger partial charge in [-0.3, -0.25) is 4.79 Å². The molecule has 0 aromatic heterocycles. The molecule has 3 aromatic carbocycles. The second-order valence-corrected chi connectivity index (χ2v) is 5.70. The minimum Gasteiger partial charge on any atom is -0.394 e. The van der Waals surface area contributed by atoms with Crippen molar-refractivity contribution in [3.8, 4) is 0 Å². The van der Waals surface area contributed by atoms with E-state index >= 15 is 0 Å². The fourth-order valence-corrected chi connectivity index (χ4v) is 2.82. The molecule has 3 aromatic rings. The third-order valence-electron chi connectivity index (χ3n) is 4.09. The van der Waals surface area contributed by atoms with Gasteiger partial charge in [0.15, 0.2) is 0 Å². The predicted molar refractivity (Wildman–Crippen MR) is 91.5 cm³/mol. The number of hydrogen-bond donors (Lipinski definition) is 3. The molecular weight excluding hydrogens is 290 g/mol. The average Bonchev–Trinajstić information content (AvgIpc) is 2.56. The Morgan fingerprint density at radius 3 is 2.04 bits per heavy atom. The highest BCUT2D eigenvalue weighted by atomic mass is 16.3. The van der Waals surface area contributed by atoms with Crippen molar-refractivity contribution >= 4 is 27.5 Å². The van der Waals surface area contributed by atoms with Crippen LogP contribution in [0.4, 0.5) is 0 Å². The van der Waals surface area contributed by atoms with Crippen LogP contribution in [0.3, 0.4) is 0 Å². The Morgan fingerprint density at radius 2 is 1.57 bits per heavy atom. The van der Waals surface area contributed by atoms with E-state index in [1.807, 2.05) is 48.5 Å². The first-order valence-electron chi connectivity index (χ1n) is 7.62. The molecule has 23 heavy (non-hydrogen) atoms. The highest BCUT2D eigenvalue weighted by molar-refractivity contribution is 6.18. The second-order valence-electron chi connectivity index (χ2n) is 5.70. The average molecular weight is 309 g/mol. The van der Waals surface area contributed by atoms with E-state index in [9.17, 15) is 15.0 Å². The molecule has 0 radical (unpaired) electrons. The first kappa shape index (κ1) is 15.5. The lowest BCUT2D eigenvalue weighted by atomic mass is 9.96. The number of benzene rings is 3. The monoisotopic (exact) mass is 309 g/mol. The summed E-state index contributed by atoms with van der Waals surface area (Å²) in [6, 6.07) is 16.8. The molecule has 118 valence electrons. The summed E-state index contributed by atoms with van der Waals surface area (Å²) in [7, 11) is 0. The highest BCUT2D eigenvalue weighted by Crippen LogP contribution is 2.28. The molecule has 2 atom stereocenters. The van der Waals surface area contributed by atoms with Gasteiger partial charge < -0.3 is 15.5 Å². The van der Waals surface area contributed by atoms with Gasteiger partial charge in [-0.25, -0.2) is 0 Å². The van der Waals surface area contributed by atoms with Crippen LogP contribution in [-0.4, -0.2) is 34.9 Å².